The Morgan fingerprint density at radius 1 is 1.22 bits per heavy atom. The molecule has 1 heterocycles. The lowest BCUT2D eigenvalue weighted by atomic mass is 9.98. The van der Waals surface area contributed by atoms with Gasteiger partial charge in [-0.1, -0.05) is 18.2 Å². The minimum atomic E-state index is -4.49. The summed E-state index contributed by atoms with van der Waals surface area (Å²) in [6.45, 7) is 0.757. The molecule has 1 aromatic carbocycles. The summed E-state index contributed by atoms with van der Waals surface area (Å²) in [4.78, 5) is 0. The first-order chi connectivity index (χ1) is 8.50. The molecule has 1 fully saturated rings. The van der Waals surface area contributed by atoms with Crippen LogP contribution in [0.2, 0.25) is 0 Å². The number of aliphatic hydroxyl groups excluding tert-OH is 1. The fourth-order valence-electron chi connectivity index (χ4n) is 1.90. The van der Waals surface area contributed by atoms with Crippen LogP contribution in [0.3, 0.4) is 0 Å². The fourth-order valence-corrected chi connectivity index (χ4v) is 1.90. The zero-order valence-corrected chi connectivity index (χ0v) is 9.48. The molecule has 1 aromatic rings. The van der Waals surface area contributed by atoms with Gasteiger partial charge in [0.25, 0.3) is 0 Å². The fraction of sp³-hybridized carbons (Fsp3) is 0.500. The van der Waals surface area contributed by atoms with Gasteiger partial charge in [0.05, 0.1) is 25.4 Å². The Morgan fingerprint density at radius 3 is 2.56 bits per heavy atom. The van der Waals surface area contributed by atoms with Crippen LogP contribution < -0.4 is 0 Å². The lowest BCUT2D eigenvalue weighted by Crippen LogP contribution is -2.34. The summed E-state index contributed by atoms with van der Waals surface area (Å²) in [6.07, 6.45) is -6.60. The van der Waals surface area contributed by atoms with Crippen molar-refractivity contribution in [3.8, 4) is 0 Å². The van der Waals surface area contributed by atoms with E-state index in [0.29, 0.717) is 6.61 Å². The van der Waals surface area contributed by atoms with Gasteiger partial charge < -0.3 is 14.6 Å². The summed E-state index contributed by atoms with van der Waals surface area (Å²) in [5.41, 5.74) is -1.02. The van der Waals surface area contributed by atoms with Crippen molar-refractivity contribution in [2.75, 3.05) is 19.8 Å². The molecule has 6 heteroatoms. The van der Waals surface area contributed by atoms with E-state index in [1.165, 1.54) is 18.2 Å². The summed E-state index contributed by atoms with van der Waals surface area (Å²) >= 11 is 0. The largest absolute Gasteiger partial charge is 0.416 e. The maximum absolute atomic E-state index is 12.8. The SMILES string of the molecule is OC(c1ccccc1C(F)(F)F)C1COCCO1. The molecule has 0 aliphatic carbocycles. The monoisotopic (exact) mass is 262 g/mol. The van der Waals surface area contributed by atoms with Crippen LogP contribution in [0, 0.1) is 0 Å². The van der Waals surface area contributed by atoms with Crippen molar-refractivity contribution in [3.63, 3.8) is 0 Å². The van der Waals surface area contributed by atoms with E-state index in [1.807, 2.05) is 0 Å². The second-order valence-corrected chi connectivity index (χ2v) is 4.01. The van der Waals surface area contributed by atoms with Crippen molar-refractivity contribution >= 4 is 0 Å². The molecule has 0 bridgehead atoms. The number of rotatable bonds is 2. The molecule has 1 saturated heterocycles. The molecule has 1 aliphatic rings. The Balaban J connectivity index is 2.26. The number of benzene rings is 1. The van der Waals surface area contributed by atoms with Crippen molar-refractivity contribution in [2.24, 2.45) is 0 Å². The summed E-state index contributed by atoms with van der Waals surface area (Å²) < 4.78 is 48.7. The highest BCUT2D eigenvalue weighted by molar-refractivity contribution is 5.32. The maximum atomic E-state index is 12.8. The summed E-state index contributed by atoms with van der Waals surface area (Å²) in [6, 6.07) is 4.95. The van der Waals surface area contributed by atoms with Crippen molar-refractivity contribution < 1.29 is 27.8 Å². The predicted molar refractivity (Wildman–Crippen MR) is 57.0 cm³/mol. The number of halogens is 3. The quantitative estimate of drug-likeness (QED) is 0.887. The van der Waals surface area contributed by atoms with E-state index in [0.717, 1.165) is 6.07 Å². The smallest absolute Gasteiger partial charge is 0.386 e. The van der Waals surface area contributed by atoms with Crippen LogP contribution in [-0.4, -0.2) is 31.0 Å². The van der Waals surface area contributed by atoms with E-state index in [4.69, 9.17) is 9.47 Å². The number of hydrogen-bond donors (Lipinski definition) is 1. The van der Waals surface area contributed by atoms with E-state index in [1.54, 1.807) is 0 Å². The molecule has 0 aromatic heterocycles. The standard InChI is InChI=1S/C12H13F3O3/c13-12(14,15)9-4-2-1-3-8(9)11(16)10-7-17-5-6-18-10/h1-4,10-11,16H,5-7H2. The minimum absolute atomic E-state index is 0.0906. The first-order valence-electron chi connectivity index (χ1n) is 5.53. The van der Waals surface area contributed by atoms with Gasteiger partial charge in [-0.25, -0.2) is 0 Å². The molecule has 0 amide bonds. The topological polar surface area (TPSA) is 38.7 Å². The van der Waals surface area contributed by atoms with E-state index in [-0.39, 0.29) is 18.8 Å². The highest BCUT2D eigenvalue weighted by Crippen LogP contribution is 2.36. The molecule has 1 aliphatic heterocycles. The van der Waals surface area contributed by atoms with Gasteiger partial charge in [0.1, 0.15) is 12.2 Å². The Labute approximate surface area is 102 Å². The molecule has 0 spiro atoms. The van der Waals surface area contributed by atoms with Crippen LogP contribution in [0.5, 0.6) is 0 Å². The Morgan fingerprint density at radius 2 is 1.94 bits per heavy atom. The first-order valence-corrected chi connectivity index (χ1v) is 5.53. The summed E-state index contributed by atoms with van der Waals surface area (Å²) in [7, 11) is 0. The Bertz CT molecular complexity index is 400. The third-order valence-electron chi connectivity index (χ3n) is 2.78. The zero-order valence-electron chi connectivity index (χ0n) is 9.48. The molecule has 3 nitrogen and oxygen atoms in total. The van der Waals surface area contributed by atoms with E-state index in [9.17, 15) is 18.3 Å². The van der Waals surface area contributed by atoms with Crippen LogP contribution in [0.15, 0.2) is 24.3 Å². The highest BCUT2D eigenvalue weighted by Gasteiger charge is 2.37. The van der Waals surface area contributed by atoms with Crippen LogP contribution in [0.25, 0.3) is 0 Å². The van der Waals surface area contributed by atoms with Gasteiger partial charge in [-0.2, -0.15) is 13.2 Å². The number of aliphatic hydroxyl groups is 1. The molecule has 18 heavy (non-hydrogen) atoms. The zero-order chi connectivity index (χ0) is 13.2. The predicted octanol–water partition coefficient (Wildman–Crippen LogP) is 2.15. The lowest BCUT2D eigenvalue weighted by molar-refractivity contribution is -0.148. The van der Waals surface area contributed by atoms with Gasteiger partial charge in [0.2, 0.25) is 0 Å². The molecular weight excluding hydrogens is 249 g/mol. The molecule has 1 N–H and O–H groups in total. The van der Waals surface area contributed by atoms with E-state index >= 15 is 0 Å². The highest BCUT2D eigenvalue weighted by atomic mass is 19.4. The van der Waals surface area contributed by atoms with Crippen LogP contribution >= 0.6 is 0 Å². The molecule has 2 rings (SSSR count). The van der Waals surface area contributed by atoms with Crippen molar-refractivity contribution in [3.05, 3.63) is 35.4 Å². The maximum Gasteiger partial charge on any atom is 0.416 e. The number of ether oxygens (including phenoxy) is 2. The van der Waals surface area contributed by atoms with Gasteiger partial charge >= 0.3 is 6.18 Å². The summed E-state index contributed by atoms with van der Waals surface area (Å²) in [5, 5.41) is 9.98. The van der Waals surface area contributed by atoms with Gasteiger partial charge in [0, 0.05) is 0 Å². The van der Waals surface area contributed by atoms with E-state index < -0.39 is 23.9 Å². The molecule has 0 saturated carbocycles. The van der Waals surface area contributed by atoms with Crippen LogP contribution in [-0.2, 0) is 15.7 Å². The minimum Gasteiger partial charge on any atom is -0.386 e. The number of alkyl halides is 3. The molecule has 2 unspecified atom stereocenters. The lowest BCUT2D eigenvalue weighted by Gasteiger charge is -2.28. The molecule has 2 atom stereocenters. The molecule has 100 valence electrons. The second-order valence-electron chi connectivity index (χ2n) is 4.01. The first kappa shape index (κ1) is 13.3. The Hall–Kier alpha value is -1.11. The summed E-state index contributed by atoms with van der Waals surface area (Å²) in [5.74, 6) is 0. The average molecular weight is 262 g/mol. The van der Waals surface area contributed by atoms with Crippen molar-refractivity contribution in [2.45, 2.75) is 18.4 Å². The van der Waals surface area contributed by atoms with Gasteiger partial charge in [0.15, 0.2) is 0 Å². The van der Waals surface area contributed by atoms with Gasteiger partial charge in [-0.3, -0.25) is 0 Å². The Kier molecular flexibility index (Phi) is 3.89. The second kappa shape index (κ2) is 5.26. The van der Waals surface area contributed by atoms with Crippen molar-refractivity contribution in [1.29, 1.82) is 0 Å². The third kappa shape index (κ3) is 2.82. The van der Waals surface area contributed by atoms with Crippen molar-refractivity contribution in [1.82, 2.24) is 0 Å². The van der Waals surface area contributed by atoms with E-state index in [2.05, 4.69) is 0 Å². The molecular formula is C12H13F3O3. The average Bonchev–Trinajstić information content (AvgIpc) is 2.38. The van der Waals surface area contributed by atoms with Gasteiger partial charge in [-0.15, -0.1) is 0 Å². The third-order valence-corrected chi connectivity index (χ3v) is 2.78. The van der Waals surface area contributed by atoms with Gasteiger partial charge in [-0.05, 0) is 11.6 Å². The molecule has 0 radical (unpaired) electrons. The van der Waals surface area contributed by atoms with Crippen LogP contribution in [0.1, 0.15) is 17.2 Å². The number of hydrogen-bond acceptors (Lipinski definition) is 3. The van der Waals surface area contributed by atoms with Crippen LogP contribution in [0.4, 0.5) is 13.2 Å². The normalized spacial score (nSPS) is 22.8.